The fourth-order valence-corrected chi connectivity index (χ4v) is 2.37. The van der Waals surface area contributed by atoms with Gasteiger partial charge >= 0.3 is 0 Å². The lowest BCUT2D eigenvalue weighted by atomic mass is 9.87. The largest absolute Gasteiger partial charge is 0.317 e. The van der Waals surface area contributed by atoms with Gasteiger partial charge in [-0.1, -0.05) is 26.0 Å². The Labute approximate surface area is 97.1 Å². The number of hydrogen-bond acceptors (Lipinski definition) is 1. The van der Waals surface area contributed by atoms with Crippen molar-refractivity contribution >= 4 is 0 Å². The smallest absolute Gasteiger partial charge is 0.126 e. The van der Waals surface area contributed by atoms with Crippen molar-refractivity contribution in [2.45, 2.75) is 38.5 Å². The van der Waals surface area contributed by atoms with Crippen LogP contribution in [0.25, 0.3) is 0 Å². The first kappa shape index (κ1) is 11.6. The van der Waals surface area contributed by atoms with Crippen LogP contribution in [-0.4, -0.2) is 13.1 Å². The van der Waals surface area contributed by atoms with Crippen molar-refractivity contribution in [1.29, 1.82) is 0 Å². The average molecular weight is 221 g/mol. The summed E-state index contributed by atoms with van der Waals surface area (Å²) in [5, 5.41) is 3.32. The predicted octanol–water partition coefficient (Wildman–Crippen LogP) is 3.42. The maximum absolute atomic E-state index is 13.8. The molecule has 0 spiro atoms. The molecule has 0 aliphatic carbocycles. The molecule has 88 valence electrons. The highest BCUT2D eigenvalue weighted by Gasteiger charge is 2.19. The zero-order valence-electron chi connectivity index (χ0n) is 10.1. The molecular formula is C14H20FN. The minimum atomic E-state index is -0.0312. The number of benzene rings is 1. The van der Waals surface area contributed by atoms with Gasteiger partial charge in [0.05, 0.1) is 0 Å². The van der Waals surface area contributed by atoms with Crippen LogP contribution >= 0.6 is 0 Å². The molecular weight excluding hydrogens is 201 g/mol. The van der Waals surface area contributed by atoms with Crippen molar-refractivity contribution in [1.82, 2.24) is 5.32 Å². The van der Waals surface area contributed by atoms with Gasteiger partial charge in [-0.3, -0.25) is 0 Å². The average Bonchev–Trinajstić information content (AvgIpc) is 2.30. The number of hydrogen-bond donors (Lipinski definition) is 1. The van der Waals surface area contributed by atoms with Gasteiger partial charge in [0, 0.05) is 0 Å². The second-order valence-corrected chi connectivity index (χ2v) is 4.96. The molecule has 0 amide bonds. The van der Waals surface area contributed by atoms with E-state index in [1.165, 1.54) is 5.56 Å². The van der Waals surface area contributed by atoms with Gasteiger partial charge in [-0.25, -0.2) is 4.39 Å². The normalized spacial score (nSPS) is 18.0. The molecule has 2 heteroatoms. The lowest BCUT2D eigenvalue weighted by molar-refractivity contribution is 0.444. The van der Waals surface area contributed by atoms with Gasteiger partial charge in [0.25, 0.3) is 0 Å². The first-order valence-corrected chi connectivity index (χ1v) is 6.18. The third-order valence-corrected chi connectivity index (χ3v) is 3.47. The summed E-state index contributed by atoms with van der Waals surface area (Å²) in [6.45, 7) is 6.32. The monoisotopic (exact) mass is 221 g/mol. The Balaban J connectivity index is 2.27. The van der Waals surface area contributed by atoms with E-state index >= 15 is 0 Å². The summed E-state index contributed by atoms with van der Waals surface area (Å²) in [5.41, 5.74) is 2.17. The molecule has 1 aliphatic heterocycles. The molecule has 0 radical (unpaired) electrons. The van der Waals surface area contributed by atoms with Crippen LogP contribution in [0.4, 0.5) is 4.39 Å². The molecule has 1 heterocycles. The van der Waals surface area contributed by atoms with Gasteiger partial charge in [0.15, 0.2) is 0 Å². The van der Waals surface area contributed by atoms with E-state index in [4.69, 9.17) is 0 Å². The van der Waals surface area contributed by atoms with E-state index in [1.807, 2.05) is 6.07 Å². The number of halogens is 1. The van der Waals surface area contributed by atoms with E-state index in [0.717, 1.165) is 31.5 Å². The number of rotatable bonds is 2. The highest BCUT2D eigenvalue weighted by molar-refractivity contribution is 5.30. The van der Waals surface area contributed by atoms with Gasteiger partial charge < -0.3 is 5.32 Å². The summed E-state index contributed by atoms with van der Waals surface area (Å²) in [6, 6.07) is 5.60. The third-order valence-electron chi connectivity index (χ3n) is 3.47. The van der Waals surface area contributed by atoms with Crippen molar-refractivity contribution in [3.05, 3.63) is 35.1 Å². The second kappa shape index (κ2) is 4.96. The number of nitrogens with one attached hydrogen (secondary N) is 1. The molecule has 1 aromatic carbocycles. The van der Waals surface area contributed by atoms with Crippen molar-refractivity contribution in [3.63, 3.8) is 0 Å². The van der Waals surface area contributed by atoms with E-state index < -0.39 is 0 Å². The van der Waals surface area contributed by atoms with E-state index in [2.05, 4.69) is 25.2 Å². The van der Waals surface area contributed by atoms with Crippen molar-refractivity contribution in [3.8, 4) is 0 Å². The van der Waals surface area contributed by atoms with Crippen LogP contribution in [0.5, 0.6) is 0 Å². The van der Waals surface area contributed by atoms with Gasteiger partial charge in [-0.15, -0.1) is 0 Å². The lowest BCUT2D eigenvalue weighted by Gasteiger charge is -2.24. The van der Waals surface area contributed by atoms with Crippen LogP contribution in [0.2, 0.25) is 0 Å². The predicted molar refractivity (Wildman–Crippen MR) is 65.3 cm³/mol. The highest BCUT2D eigenvalue weighted by Crippen LogP contribution is 2.29. The fraction of sp³-hybridized carbons (Fsp3) is 0.571. The molecule has 0 aromatic heterocycles. The molecule has 0 atom stereocenters. The van der Waals surface area contributed by atoms with Crippen LogP contribution in [0.15, 0.2) is 18.2 Å². The molecule has 1 fully saturated rings. The molecule has 1 N–H and O–H groups in total. The second-order valence-electron chi connectivity index (χ2n) is 4.96. The van der Waals surface area contributed by atoms with E-state index in [0.29, 0.717) is 11.8 Å². The lowest BCUT2D eigenvalue weighted by Crippen LogP contribution is -2.27. The van der Waals surface area contributed by atoms with Gasteiger partial charge in [-0.05, 0) is 55.0 Å². The van der Waals surface area contributed by atoms with E-state index in [-0.39, 0.29) is 5.82 Å². The first-order chi connectivity index (χ1) is 7.68. The maximum Gasteiger partial charge on any atom is 0.126 e. The molecule has 1 aromatic rings. The van der Waals surface area contributed by atoms with Crippen LogP contribution in [-0.2, 0) is 0 Å². The fourth-order valence-electron chi connectivity index (χ4n) is 2.37. The molecule has 16 heavy (non-hydrogen) atoms. The molecule has 0 saturated carbocycles. The molecule has 1 saturated heterocycles. The summed E-state index contributed by atoms with van der Waals surface area (Å²) < 4.78 is 13.8. The van der Waals surface area contributed by atoms with Crippen molar-refractivity contribution < 1.29 is 4.39 Å². The summed E-state index contributed by atoms with van der Waals surface area (Å²) in [6.07, 6.45) is 2.11. The summed E-state index contributed by atoms with van der Waals surface area (Å²) in [4.78, 5) is 0. The quantitative estimate of drug-likeness (QED) is 0.807. The summed E-state index contributed by atoms with van der Waals surface area (Å²) >= 11 is 0. The van der Waals surface area contributed by atoms with Crippen LogP contribution < -0.4 is 5.32 Å². The molecule has 0 unspecified atom stereocenters. The van der Waals surface area contributed by atoms with Crippen molar-refractivity contribution in [2.24, 2.45) is 0 Å². The Morgan fingerprint density at radius 2 is 1.94 bits per heavy atom. The summed E-state index contributed by atoms with van der Waals surface area (Å²) in [7, 11) is 0. The standard InChI is InChI=1S/C14H20FN/c1-10(2)12-3-4-14(15)13(9-12)11-5-7-16-8-6-11/h3-4,9-11,16H,5-8H2,1-2H3. The number of piperidine rings is 1. The Hall–Kier alpha value is -0.890. The zero-order chi connectivity index (χ0) is 11.5. The first-order valence-electron chi connectivity index (χ1n) is 6.18. The molecule has 1 aliphatic rings. The molecule has 2 rings (SSSR count). The van der Waals surface area contributed by atoms with E-state index in [1.54, 1.807) is 6.07 Å². The van der Waals surface area contributed by atoms with Gasteiger partial charge in [0.2, 0.25) is 0 Å². The van der Waals surface area contributed by atoms with Crippen LogP contribution in [0.3, 0.4) is 0 Å². The maximum atomic E-state index is 13.8. The minimum Gasteiger partial charge on any atom is -0.317 e. The Bertz CT molecular complexity index is 354. The third kappa shape index (κ3) is 2.43. The van der Waals surface area contributed by atoms with Gasteiger partial charge in [0.1, 0.15) is 5.82 Å². The van der Waals surface area contributed by atoms with Crippen molar-refractivity contribution in [2.75, 3.05) is 13.1 Å². The van der Waals surface area contributed by atoms with Gasteiger partial charge in [-0.2, -0.15) is 0 Å². The highest BCUT2D eigenvalue weighted by atomic mass is 19.1. The van der Waals surface area contributed by atoms with Crippen LogP contribution in [0.1, 0.15) is 49.7 Å². The molecule has 0 bridgehead atoms. The Morgan fingerprint density at radius 1 is 1.25 bits per heavy atom. The SMILES string of the molecule is CC(C)c1ccc(F)c(C2CCNCC2)c1. The minimum absolute atomic E-state index is 0.0312. The Kier molecular flexibility index (Phi) is 3.59. The topological polar surface area (TPSA) is 12.0 Å². The molecule has 1 nitrogen and oxygen atoms in total. The zero-order valence-corrected chi connectivity index (χ0v) is 10.1. The van der Waals surface area contributed by atoms with Crippen LogP contribution in [0, 0.1) is 5.82 Å². The Morgan fingerprint density at radius 3 is 2.56 bits per heavy atom. The summed E-state index contributed by atoms with van der Waals surface area (Å²) in [5.74, 6) is 0.845. The van der Waals surface area contributed by atoms with E-state index in [9.17, 15) is 4.39 Å².